The monoisotopic (exact) mass is 740 g/mol. The van der Waals surface area contributed by atoms with E-state index in [0.29, 0.717) is 39.8 Å². The Bertz CT molecular complexity index is 2600. The molecular weight excluding hydrogens is 712 g/mol. The predicted molar refractivity (Wildman–Crippen MR) is 201 cm³/mol. The number of H-pyrrole nitrogens is 1. The standard InChI is InChI=1S/C20H16ClN5O3S.C15H13N3O2S/c1-9-6-22-16-15-11-2-5-14(29-19-10(8-27)7-23-20(21)26-19)25-12(11)3-4-13(15)30-17(16)18(28)24-9;1-7-6-16-13-12-8-2-5-11(19)18-9(8)3-4-10(12)21-14(13)15(20)17-7/h2-5,7,9,22,27H,6,8H2,1H3,(H,24,28);2-5,7,16H,6H2,1H3,(H,17,20)(H,18,19)/t9-;7-/m11/s1. The zero-order valence-electron chi connectivity index (χ0n) is 27.1. The molecule has 2 aliphatic rings. The van der Waals surface area contributed by atoms with Crippen molar-refractivity contribution in [3.63, 3.8) is 0 Å². The molecule has 0 saturated heterocycles. The van der Waals surface area contributed by atoms with Crippen molar-refractivity contribution >= 4 is 99.4 Å². The number of nitrogens with zero attached hydrogens (tertiary/aromatic N) is 3. The van der Waals surface area contributed by atoms with Gasteiger partial charge in [-0.2, -0.15) is 4.98 Å². The van der Waals surface area contributed by atoms with Gasteiger partial charge in [-0.05, 0) is 61.8 Å². The average Bonchev–Trinajstić information content (AvgIpc) is 3.61. The van der Waals surface area contributed by atoms with Crippen molar-refractivity contribution in [1.82, 2.24) is 30.6 Å². The number of halogens is 1. The van der Waals surface area contributed by atoms with Gasteiger partial charge >= 0.3 is 0 Å². The fraction of sp³-hybridized carbons (Fsp3) is 0.200. The Morgan fingerprint density at radius 2 is 1.45 bits per heavy atom. The van der Waals surface area contributed by atoms with Gasteiger partial charge in [-0.3, -0.25) is 14.4 Å². The molecule has 0 unspecified atom stereocenters. The zero-order valence-corrected chi connectivity index (χ0v) is 29.5. The molecule has 51 heavy (non-hydrogen) atoms. The number of benzene rings is 2. The molecule has 2 aromatic carbocycles. The molecule has 2 atom stereocenters. The molecular formula is C35H29ClN8O5S2. The highest BCUT2D eigenvalue weighted by Crippen LogP contribution is 2.42. The summed E-state index contributed by atoms with van der Waals surface area (Å²) in [4.78, 5) is 52.9. The number of amides is 2. The van der Waals surface area contributed by atoms with E-state index in [1.807, 2.05) is 50.2 Å². The van der Waals surface area contributed by atoms with Crippen LogP contribution in [0, 0.1) is 0 Å². The van der Waals surface area contributed by atoms with Crippen LogP contribution in [-0.2, 0) is 6.61 Å². The summed E-state index contributed by atoms with van der Waals surface area (Å²) >= 11 is 8.78. The number of hydrogen-bond donors (Lipinski definition) is 6. The summed E-state index contributed by atoms with van der Waals surface area (Å²) in [5, 5.41) is 26.1. The summed E-state index contributed by atoms with van der Waals surface area (Å²) in [5.41, 5.74) is 3.49. The van der Waals surface area contributed by atoms with E-state index in [9.17, 15) is 19.5 Å². The Kier molecular flexibility index (Phi) is 8.42. The first-order valence-corrected chi connectivity index (χ1v) is 18.0. The quantitative estimate of drug-likeness (QED) is 0.117. The first-order valence-electron chi connectivity index (χ1n) is 16.0. The smallest absolute Gasteiger partial charge is 0.263 e. The van der Waals surface area contributed by atoms with Crippen LogP contribution in [0.15, 0.2) is 59.5 Å². The summed E-state index contributed by atoms with van der Waals surface area (Å²) in [7, 11) is 0. The van der Waals surface area contributed by atoms with Crippen LogP contribution >= 0.6 is 34.3 Å². The number of aromatic nitrogens is 4. The minimum Gasteiger partial charge on any atom is -0.420 e. The van der Waals surface area contributed by atoms with Gasteiger partial charge in [0.05, 0.1) is 29.1 Å². The number of aliphatic hydroxyl groups is 1. The lowest BCUT2D eigenvalue weighted by atomic mass is 10.1. The number of nitrogens with one attached hydrogen (secondary N) is 5. The van der Waals surface area contributed by atoms with Crippen LogP contribution in [0.1, 0.15) is 38.8 Å². The molecule has 258 valence electrons. The number of fused-ring (bicyclic) bond motifs is 10. The number of hydrogen-bond acceptors (Lipinski definition) is 12. The highest BCUT2D eigenvalue weighted by molar-refractivity contribution is 7.22. The van der Waals surface area contributed by atoms with E-state index in [1.54, 1.807) is 6.07 Å². The number of rotatable bonds is 3. The number of carbonyl (C=O) groups is 2. The van der Waals surface area contributed by atoms with Crippen molar-refractivity contribution in [3.8, 4) is 11.8 Å². The molecule has 0 radical (unpaired) electrons. The van der Waals surface area contributed by atoms with Crippen molar-refractivity contribution in [2.45, 2.75) is 32.5 Å². The van der Waals surface area contributed by atoms with Crippen LogP contribution in [0.3, 0.4) is 0 Å². The second-order valence-corrected chi connectivity index (χ2v) is 14.7. The van der Waals surface area contributed by atoms with Gasteiger partial charge in [0, 0.05) is 80.0 Å². The molecule has 13 nitrogen and oxygen atoms in total. The Labute approximate surface area is 302 Å². The third kappa shape index (κ3) is 6.07. The minimum absolute atomic E-state index is 0.0178. The zero-order chi connectivity index (χ0) is 35.4. The van der Waals surface area contributed by atoms with Crippen molar-refractivity contribution in [2.75, 3.05) is 23.7 Å². The maximum atomic E-state index is 12.5. The van der Waals surface area contributed by atoms with E-state index in [1.165, 1.54) is 34.9 Å². The summed E-state index contributed by atoms with van der Waals surface area (Å²) < 4.78 is 7.81. The van der Waals surface area contributed by atoms with E-state index in [4.69, 9.17) is 16.3 Å². The topological polar surface area (TPSA) is 183 Å². The summed E-state index contributed by atoms with van der Waals surface area (Å²) in [5.74, 6) is 0.359. The van der Waals surface area contributed by atoms with E-state index >= 15 is 0 Å². The van der Waals surface area contributed by atoms with E-state index < -0.39 is 0 Å². The Balaban J connectivity index is 0.000000156. The molecule has 7 heterocycles. The summed E-state index contributed by atoms with van der Waals surface area (Å²) in [6, 6.07) is 14.8. The summed E-state index contributed by atoms with van der Waals surface area (Å²) in [6.07, 6.45) is 1.41. The number of carbonyl (C=O) groups excluding carboxylic acids is 2. The minimum atomic E-state index is -0.284. The fourth-order valence-corrected chi connectivity index (χ4v) is 8.51. The highest BCUT2D eigenvalue weighted by atomic mass is 35.5. The number of ether oxygens (including phenoxy) is 1. The lowest BCUT2D eigenvalue weighted by Gasteiger charge is -2.11. The second-order valence-electron chi connectivity index (χ2n) is 12.2. The number of aliphatic hydroxyl groups excluding tert-OH is 1. The van der Waals surface area contributed by atoms with Crippen LogP contribution in [0.25, 0.3) is 42.0 Å². The van der Waals surface area contributed by atoms with Crippen LogP contribution in [-0.4, -0.2) is 62.0 Å². The molecule has 6 N–H and O–H groups in total. The third-order valence-electron chi connectivity index (χ3n) is 8.56. The van der Waals surface area contributed by atoms with Crippen LogP contribution in [0.4, 0.5) is 11.4 Å². The average molecular weight is 741 g/mol. The van der Waals surface area contributed by atoms with Gasteiger partial charge in [0.2, 0.25) is 22.6 Å². The molecule has 2 amide bonds. The molecule has 9 rings (SSSR count). The van der Waals surface area contributed by atoms with Gasteiger partial charge < -0.3 is 36.1 Å². The van der Waals surface area contributed by atoms with Crippen LogP contribution < -0.4 is 31.6 Å². The van der Waals surface area contributed by atoms with Gasteiger partial charge in [-0.1, -0.05) is 0 Å². The van der Waals surface area contributed by atoms with Gasteiger partial charge in [0.1, 0.15) is 9.75 Å². The molecule has 0 fully saturated rings. The predicted octanol–water partition coefficient (Wildman–Crippen LogP) is 6.01. The lowest BCUT2D eigenvalue weighted by Crippen LogP contribution is -2.34. The molecule has 2 aliphatic heterocycles. The normalized spacial score (nSPS) is 16.9. The van der Waals surface area contributed by atoms with Gasteiger partial charge in [0.15, 0.2) is 0 Å². The molecule has 7 aromatic rings. The fourth-order valence-electron chi connectivity index (χ4n) is 6.19. The Morgan fingerprint density at radius 1 is 0.824 bits per heavy atom. The second kappa shape index (κ2) is 13.1. The van der Waals surface area contributed by atoms with Crippen molar-refractivity contribution in [3.05, 3.63) is 85.7 Å². The number of aromatic amines is 1. The third-order valence-corrected chi connectivity index (χ3v) is 11.0. The van der Waals surface area contributed by atoms with E-state index in [2.05, 4.69) is 41.2 Å². The number of anilines is 2. The van der Waals surface area contributed by atoms with Crippen LogP contribution in [0.5, 0.6) is 11.8 Å². The molecule has 5 aromatic heterocycles. The number of thiophene rings is 2. The highest BCUT2D eigenvalue weighted by Gasteiger charge is 2.26. The van der Waals surface area contributed by atoms with Crippen molar-refractivity contribution < 1.29 is 19.4 Å². The molecule has 16 heteroatoms. The molecule has 0 bridgehead atoms. The van der Waals surface area contributed by atoms with Crippen molar-refractivity contribution in [1.29, 1.82) is 0 Å². The first kappa shape index (κ1) is 32.8. The molecule has 0 aliphatic carbocycles. The maximum absolute atomic E-state index is 12.5. The van der Waals surface area contributed by atoms with Gasteiger partial charge in [-0.25, -0.2) is 9.97 Å². The molecule has 0 saturated carbocycles. The largest absolute Gasteiger partial charge is 0.420 e. The summed E-state index contributed by atoms with van der Waals surface area (Å²) in [6.45, 7) is 4.98. The van der Waals surface area contributed by atoms with Crippen molar-refractivity contribution in [2.24, 2.45) is 0 Å². The SMILES string of the molecule is C[C@@H]1CNc2c(sc3ccc4[nH]c(=O)ccc4c23)C(=O)N1.C[C@@H]1CNc2c(sc3ccc4nc(Oc5nc(Cl)ncc5CO)ccc4c23)C(=O)N1. The van der Waals surface area contributed by atoms with E-state index in [-0.39, 0.29) is 47.2 Å². The Morgan fingerprint density at radius 3 is 2.12 bits per heavy atom. The van der Waals surface area contributed by atoms with Crippen LogP contribution in [0.2, 0.25) is 5.28 Å². The van der Waals surface area contributed by atoms with Gasteiger partial charge in [-0.15, -0.1) is 22.7 Å². The van der Waals surface area contributed by atoms with Gasteiger partial charge in [0.25, 0.3) is 11.8 Å². The molecule has 0 spiro atoms. The van der Waals surface area contributed by atoms with E-state index in [0.717, 1.165) is 47.8 Å². The first-order chi connectivity index (χ1) is 24.7. The Hall–Kier alpha value is -5.35. The lowest BCUT2D eigenvalue weighted by molar-refractivity contribution is 0.0940. The number of pyridine rings is 2. The maximum Gasteiger partial charge on any atom is 0.263 e.